The molecule has 0 fully saturated rings. The number of alkyl halides is 3. The molecule has 1 aromatic carbocycles. The van der Waals surface area contributed by atoms with Gasteiger partial charge in [0.25, 0.3) is 5.91 Å². The van der Waals surface area contributed by atoms with E-state index in [0.717, 1.165) is 12.1 Å². The lowest BCUT2D eigenvalue weighted by molar-refractivity contribution is -0.123. The summed E-state index contributed by atoms with van der Waals surface area (Å²) in [5.41, 5.74) is -0.398. The van der Waals surface area contributed by atoms with Gasteiger partial charge in [0.1, 0.15) is 12.4 Å². The maximum absolute atomic E-state index is 13.2. The summed E-state index contributed by atoms with van der Waals surface area (Å²) in [6.07, 6.45) is -4.50. The lowest BCUT2D eigenvalue weighted by atomic mass is 10.2. The molecule has 0 radical (unpaired) electrons. The second-order valence-corrected chi connectivity index (χ2v) is 4.17. The van der Waals surface area contributed by atoms with E-state index in [1.807, 2.05) is 22.6 Å². The number of carbonyl (C=O) groups excluding carboxylic acids is 1. The maximum atomic E-state index is 13.2. The van der Waals surface area contributed by atoms with Crippen molar-refractivity contribution in [2.24, 2.45) is 0 Å². The van der Waals surface area contributed by atoms with Crippen molar-refractivity contribution in [3.8, 4) is 0 Å². The lowest BCUT2D eigenvalue weighted by Crippen LogP contribution is -2.34. The van der Waals surface area contributed by atoms with Crippen LogP contribution >= 0.6 is 22.6 Å². The molecule has 0 bridgehead atoms. The highest BCUT2D eigenvalue weighted by atomic mass is 127. The fraction of sp³-hybridized carbons (Fsp3) is 0.222. The van der Waals surface area contributed by atoms with Crippen molar-refractivity contribution in [1.82, 2.24) is 5.32 Å². The molecule has 16 heavy (non-hydrogen) atoms. The quantitative estimate of drug-likeness (QED) is 0.647. The Balaban J connectivity index is 2.74. The molecule has 1 rings (SSSR count). The van der Waals surface area contributed by atoms with Gasteiger partial charge in [0.05, 0.1) is 5.56 Å². The molecule has 2 nitrogen and oxygen atoms in total. The summed E-state index contributed by atoms with van der Waals surface area (Å²) in [6, 6.07) is 3.65. The van der Waals surface area contributed by atoms with E-state index >= 15 is 0 Å². The molecule has 0 saturated carbocycles. The Kier molecular flexibility index (Phi) is 4.11. The van der Waals surface area contributed by atoms with Crippen LogP contribution in [-0.2, 0) is 0 Å². The van der Waals surface area contributed by atoms with Crippen molar-refractivity contribution in [1.29, 1.82) is 0 Å². The second kappa shape index (κ2) is 4.98. The summed E-state index contributed by atoms with van der Waals surface area (Å²) in [7, 11) is 0. The van der Waals surface area contributed by atoms with Crippen LogP contribution in [0.4, 0.5) is 17.6 Å². The fourth-order valence-electron chi connectivity index (χ4n) is 0.949. The Labute approximate surface area is 102 Å². The van der Waals surface area contributed by atoms with Crippen LogP contribution in [0.2, 0.25) is 0 Å². The molecule has 0 saturated heterocycles. The minimum Gasteiger partial charge on any atom is -0.343 e. The summed E-state index contributed by atoms with van der Waals surface area (Å²) in [6.45, 7) is -1.47. The van der Waals surface area contributed by atoms with Gasteiger partial charge in [0, 0.05) is 3.57 Å². The first-order chi connectivity index (χ1) is 7.29. The smallest absolute Gasteiger partial charge is 0.343 e. The van der Waals surface area contributed by atoms with E-state index in [-0.39, 0.29) is 0 Å². The normalized spacial score (nSPS) is 11.3. The van der Waals surface area contributed by atoms with Crippen LogP contribution in [0.3, 0.4) is 0 Å². The Morgan fingerprint density at radius 1 is 1.38 bits per heavy atom. The highest BCUT2D eigenvalue weighted by molar-refractivity contribution is 14.1. The third kappa shape index (κ3) is 3.95. The summed E-state index contributed by atoms with van der Waals surface area (Å²) >= 11 is 1.83. The van der Waals surface area contributed by atoms with Gasteiger partial charge >= 0.3 is 6.18 Å². The van der Waals surface area contributed by atoms with Gasteiger partial charge in [-0.3, -0.25) is 4.79 Å². The number of amides is 1. The van der Waals surface area contributed by atoms with Crippen LogP contribution in [0.1, 0.15) is 10.4 Å². The van der Waals surface area contributed by atoms with E-state index in [1.54, 1.807) is 5.32 Å². The van der Waals surface area contributed by atoms with Gasteiger partial charge in [0.15, 0.2) is 0 Å². The molecule has 0 atom stereocenters. The van der Waals surface area contributed by atoms with Crippen LogP contribution < -0.4 is 5.32 Å². The van der Waals surface area contributed by atoms with E-state index in [9.17, 15) is 22.4 Å². The Morgan fingerprint density at radius 3 is 2.50 bits per heavy atom. The maximum Gasteiger partial charge on any atom is 0.405 e. The monoisotopic (exact) mass is 347 g/mol. The van der Waals surface area contributed by atoms with Gasteiger partial charge in [0.2, 0.25) is 0 Å². The van der Waals surface area contributed by atoms with Gasteiger partial charge in [-0.05, 0) is 40.8 Å². The van der Waals surface area contributed by atoms with E-state index in [2.05, 4.69) is 0 Å². The third-order valence-corrected chi connectivity index (χ3v) is 2.30. The minimum atomic E-state index is -4.50. The topological polar surface area (TPSA) is 29.1 Å². The molecule has 1 aromatic rings. The van der Waals surface area contributed by atoms with Crippen LogP contribution in [0.15, 0.2) is 18.2 Å². The van der Waals surface area contributed by atoms with Crippen molar-refractivity contribution < 1.29 is 22.4 Å². The van der Waals surface area contributed by atoms with E-state index in [1.165, 1.54) is 6.07 Å². The first-order valence-corrected chi connectivity index (χ1v) is 5.17. The van der Waals surface area contributed by atoms with Gasteiger partial charge in [-0.1, -0.05) is 0 Å². The zero-order valence-electron chi connectivity index (χ0n) is 7.74. The molecule has 0 spiro atoms. The predicted molar refractivity (Wildman–Crippen MR) is 57.5 cm³/mol. The zero-order chi connectivity index (χ0) is 12.3. The highest BCUT2D eigenvalue weighted by Gasteiger charge is 2.28. The predicted octanol–water partition coefficient (Wildman–Crippen LogP) is 2.72. The molecule has 0 aliphatic carbocycles. The number of hydrogen-bond donors (Lipinski definition) is 1. The molecule has 0 heterocycles. The van der Waals surface area contributed by atoms with E-state index < -0.39 is 30.0 Å². The van der Waals surface area contributed by atoms with Crippen molar-refractivity contribution in [2.75, 3.05) is 6.54 Å². The van der Waals surface area contributed by atoms with E-state index in [0.29, 0.717) is 3.57 Å². The fourth-order valence-corrected chi connectivity index (χ4v) is 1.40. The van der Waals surface area contributed by atoms with Gasteiger partial charge in [-0.2, -0.15) is 13.2 Å². The van der Waals surface area contributed by atoms with Crippen LogP contribution in [0.5, 0.6) is 0 Å². The molecule has 0 unspecified atom stereocenters. The van der Waals surface area contributed by atoms with Crippen molar-refractivity contribution in [3.63, 3.8) is 0 Å². The number of halogens is 5. The van der Waals surface area contributed by atoms with Crippen LogP contribution in [-0.4, -0.2) is 18.6 Å². The Hall–Kier alpha value is -0.860. The number of rotatable bonds is 2. The second-order valence-electron chi connectivity index (χ2n) is 2.92. The van der Waals surface area contributed by atoms with Gasteiger partial charge in [-0.15, -0.1) is 0 Å². The van der Waals surface area contributed by atoms with Crippen LogP contribution in [0, 0.1) is 9.39 Å². The van der Waals surface area contributed by atoms with Crippen molar-refractivity contribution in [2.45, 2.75) is 6.18 Å². The number of benzene rings is 1. The van der Waals surface area contributed by atoms with E-state index in [4.69, 9.17) is 0 Å². The standard InChI is InChI=1S/C9H6F4INO/c10-7-3-5(14)1-2-6(7)8(16)15-4-9(11,12)13/h1-3H,4H2,(H,15,16). The molecule has 88 valence electrons. The lowest BCUT2D eigenvalue weighted by Gasteiger charge is -2.08. The molecule has 0 aliphatic heterocycles. The largest absolute Gasteiger partial charge is 0.405 e. The van der Waals surface area contributed by atoms with Crippen molar-refractivity contribution in [3.05, 3.63) is 33.1 Å². The molecule has 1 N–H and O–H groups in total. The molecule has 1 amide bonds. The summed E-state index contributed by atoms with van der Waals surface area (Å²) < 4.78 is 49.1. The molecule has 7 heteroatoms. The minimum absolute atomic E-state index is 0.398. The van der Waals surface area contributed by atoms with Crippen molar-refractivity contribution >= 4 is 28.5 Å². The number of nitrogens with one attached hydrogen (secondary N) is 1. The number of hydrogen-bond acceptors (Lipinski definition) is 1. The van der Waals surface area contributed by atoms with Gasteiger partial charge < -0.3 is 5.32 Å². The average Bonchev–Trinajstić information content (AvgIpc) is 2.13. The zero-order valence-corrected chi connectivity index (χ0v) is 9.89. The molecular weight excluding hydrogens is 341 g/mol. The molecular formula is C9H6F4INO. The average molecular weight is 347 g/mol. The Morgan fingerprint density at radius 2 is 2.00 bits per heavy atom. The summed E-state index contributed by atoms with van der Waals surface area (Å²) in [4.78, 5) is 11.2. The molecule has 0 aliphatic rings. The highest BCUT2D eigenvalue weighted by Crippen LogP contribution is 2.15. The number of carbonyl (C=O) groups is 1. The Bertz CT molecular complexity index is 405. The van der Waals surface area contributed by atoms with Crippen LogP contribution in [0.25, 0.3) is 0 Å². The first kappa shape index (κ1) is 13.2. The molecule has 0 aromatic heterocycles. The third-order valence-electron chi connectivity index (χ3n) is 1.63. The summed E-state index contributed by atoms with van der Waals surface area (Å²) in [5.74, 6) is -1.92. The summed E-state index contributed by atoms with van der Waals surface area (Å²) in [5, 5.41) is 1.59. The SMILES string of the molecule is O=C(NCC(F)(F)F)c1ccc(I)cc1F. The first-order valence-electron chi connectivity index (χ1n) is 4.09. The van der Waals surface area contributed by atoms with Gasteiger partial charge in [-0.25, -0.2) is 4.39 Å².